The molecule has 0 saturated carbocycles. The standard InChI is InChI=1S/C28H20ClN3O4S2/c29-17-11-13-19(14-12-17)32-25(34)22-21(16-7-3-1-4-8-16)24-27(37-23(22)26(32)35)31(28(36)38-24)15-20(33)30-18-9-5-2-6-10-18/h1-14,21-23H,15H2,(H,30,33). The maximum absolute atomic E-state index is 13.8. The van der Waals surface area contributed by atoms with E-state index in [1.165, 1.54) is 21.2 Å². The molecule has 1 saturated heterocycles. The number of hydrogen-bond acceptors (Lipinski definition) is 6. The molecule has 0 spiro atoms. The molecule has 3 unspecified atom stereocenters. The van der Waals surface area contributed by atoms with Gasteiger partial charge in [0.1, 0.15) is 11.8 Å². The van der Waals surface area contributed by atoms with Crippen LogP contribution in [0.15, 0.2) is 94.7 Å². The fourth-order valence-corrected chi connectivity index (χ4v) is 7.88. The molecule has 190 valence electrons. The quantitative estimate of drug-likeness (QED) is 0.347. The van der Waals surface area contributed by atoms with Gasteiger partial charge in [-0.1, -0.05) is 83.2 Å². The summed E-state index contributed by atoms with van der Waals surface area (Å²) in [4.78, 5) is 55.1. The highest BCUT2D eigenvalue weighted by Gasteiger charge is 2.56. The van der Waals surface area contributed by atoms with Gasteiger partial charge in [0.15, 0.2) is 0 Å². The van der Waals surface area contributed by atoms with Crippen LogP contribution < -0.4 is 15.1 Å². The fourth-order valence-electron chi connectivity index (χ4n) is 4.99. The van der Waals surface area contributed by atoms with Crippen molar-refractivity contribution in [3.05, 3.63) is 110 Å². The minimum Gasteiger partial charge on any atom is -0.325 e. The highest BCUT2D eigenvalue weighted by molar-refractivity contribution is 8.00. The number of rotatable bonds is 5. The molecule has 6 rings (SSSR count). The molecule has 0 radical (unpaired) electrons. The van der Waals surface area contributed by atoms with E-state index in [4.69, 9.17) is 11.6 Å². The normalized spacial score (nSPS) is 20.2. The topological polar surface area (TPSA) is 88.5 Å². The molecule has 2 aliphatic heterocycles. The fraction of sp³-hybridized carbons (Fsp3) is 0.143. The third-order valence-electron chi connectivity index (χ3n) is 6.65. The molecule has 1 aromatic heterocycles. The Kier molecular flexibility index (Phi) is 6.43. The average Bonchev–Trinajstić information content (AvgIpc) is 3.36. The van der Waals surface area contributed by atoms with Crippen molar-refractivity contribution < 1.29 is 14.4 Å². The summed E-state index contributed by atoms with van der Waals surface area (Å²) in [5.74, 6) is -2.21. The van der Waals surface area contributed by atoms with Crippen molar-refractivity contribution in [3.63, 3.8) is 0 Å². The van der Waals surface area contributed by atoms with Gasteiger partial charge in [-0.25, -0.2) is 4.90 Å². The van der Waals surface area contributed by atoms with Crippen molar-refractivity contribution in [2.45, 2.75) is 22.7 Å². The highest BCUT2D eigenvalue weighted by atomic mass is 35.5. The molecule has 0 aliphatic carbocycles. The van der Waals surface area contributed by atoms with Crippen molar-refractivity contribution in [2.24, 2.45) is 5.92 Å². The largest absolute Gasteiger partial charge is 0.325 e. The van der Waals surface area contributed by atoms with Crippen LogP contribution in [0.1, 0.15) is 16.4 Å². The second kappa shape index (κ2) is 9.90. The van der Waals surface area contributed by atoms with Crippen LogP contribution in [-0.2, 0) is 20.9 Å². The molecule has 0 bridgehead atoms. The monoisotopic (exact) mass is 561 g/mol. The average molecular weight is 562 g/mol. The summed E-state index contributed by atoms with van der Waals surface area (Å²) in [6.07, 6.45) is 0. The zero-order chi connectivity index (χ0) is 26.4. The molecule has 10 heteroatoms. The number of carbonyl (C=O) groups excluding carboxylic acids is 3. The number of thiazole rings is 1. The number of halogens is 1. The number of para-hydroxylation sites is 1. The SMILES string of the molecule is O=C(Cn1c2c(sc1=O)C(c1ccccc1)C1C(=O)N(c3ccc(Cl)cc3)C(=O)C1S2)Nc1ccccc1. The second-order valence-electron chi connectivity index (χ2n) is 8.98. The van der Waals surface area contributed by atoms with Crippen LogP contribution in [0.4, 0.5) is 11.4 Å². The summed E-state index contributed by atoms with van der Waals surface area (Å²) >= 11 is 8.25. The molecule has 7 nitrogen and oxygen atoms in total. The van der Waals surface area contributed by atoms with Crippen LogP contribution in [0, 0.1) is 5.92 Å². The number of carbonyl (C=O) groups is 3. The zero-order valence-electron chi connectivity index (χ0n) is 19.7. The predicted molar refractivity (Wildman–Crippen MR) is 149 cm³/mol. The van der Waals surface area contributed by atoms with Crippen molar-refractivity contribution >= 4 is 63.8 Å². The second-order valence-corrected chi connectivity index (χ2v) is 11.5. The summed E-state index contributed by atoms with van der Waals surface area (Å²) in [5.41, 5.74) is 1.92. The maximum atomic E-state index is 13.8. The Morgan fingerprint density at radius 2 is 1.53 bits per heavy atom. The number of nitrogens with one attached hydrogen (secondary N) is 1. The van der Waals surface area contributed by atoms with Crippen LogP contribution in [-0.4, -0.2) is 27.5 Å². The summed E-state index contributed by atoms with van der Waals surface area (Å²) < 4.78 is 1.41. The molecule has 4 aromatic rings. The minimum atomic E-state index is -0.742. The number of fused-ring (bicyclic) bond motifs is 2. The van der Waals surface area contributed by atoms with Crippen LogP contribution in [0.2, 0.25) is 5.02 Å². The molecule has 3 amide bonds. The number of thioether (sulfide) groups is 1. The molecule has 3 atom stereocenters. The van der Waals surface area contributed by atoms with Gasteiger partial charge in [-0.3, -0.25) is 23.7 Å². The summed E-state index contributed by atoms with van der Waals surface area (Å²) in [5, 5.41) is 3.12. The lowest BCUT2D eigenvalue weighted by Crippen LogP contribution is -2.33. The number of amides is 3. The Morgan fingerprint density at radius 1 is 0.868 bits per heavy atom. The van der Waals surface area contributed by atoms with Crippen molar-refractivity contribution in [2.75, 3.05) is 10.2 Å². The zero-order valence-corrected chi connectivity index (χ0v) is 22.1. The van der Waals surface area contributed by atoms with E-state index in [1.807, 2.05) is 48.5 Å². The van der Waals surface area contributed by atoms with E-state index in [2.05, 4.69) is 5.32 Å². The van der Waals surface area contributed by atoms with Gasteiger partial charge < -0.3 is 5.32 Å². The Bertz CT molecular complexity index is 1600. The number of hydrogen-bond donors (Lipinski definition) is 1. The Labute approximate surface area is 231 Å². The summed E-state index contributed by atoms with van der Waals surface area (Å²) in [6, 6.07) is 25.0. The maximum Gasteiger partial charge on any atom is 0.308 e. The predicted octanol–water partition coefficient (Wildman–Crippen LogP) is 5.00. The highest BCUT2D eigenvalue weighted by Crippen LogP contribution is 2.53. The van der Waals surface area contributed by atoms with E-state index < -0.39 is 17.1 Å². The summed E-state index contributed by atoms with van der Waals surface area (Å²) in [6.45, 7) is -0.200. The molecule has 38 heavy (non-hydrogen) atoms. The number of aromatic nitrogens is 1. The molecule has 2 aliphatic rings. The third kappa shape index (κ3) is 4.26. The van der Waals surface area contributed by atoms with E-state index in [9.17, 15) is 19.2 Å². The first kappa shape index (κ1) is 24.7. The van der Waals surface area contributed by atoms with E-state index in [1.54, 1.807) is 36.4 Å². The lowest BCUT2D eigenvalue weighted by atomic mass is 9.83. The van der Waals surface area contributed by atoms with Crippen LogP contribution in [0.3, 0.4) is 0 Å². The number of nitrogens with zero attached hydrogens (tertiary/aromatic N) is 2. The molecule has 3 aromatic carbocycles. The molecular weight excluding hydrogens is 542 g/mol. The van der Waals surface area contributed by atoms with E-state index in [0.717, 1.165) is 16.9 Å². The molecule has 3 heterocycles. The van der Waals surface area contributed by atoms with E-state index in [0.29, 0.717) is 26.3 Å². The third-order valence-corrected chi connectivity index (χ3v) is 9.51. The van der Waals surface area contributed by atoms with Crippen LogP contribution in [0.25, 0.3) is 0 Å². The Morgan fingerprint density at radius 3 is 2.21 bits per heavy atom. The van der Waals surface area contributed by atoms with Gasteiger partial charge in [-0.15, -0.1) is 0 Å². The van der Waals surface area contributed by atoms with Crippen LogP contribution in [0.5, 0.6) is 0 Å². The Hall–Kier alpha value is -3.66. The van der Waals surface area contributed by atoms with E-state index >= 15 is 0 Å². The lowest BCUT2D eigenvalue weighted by Gasteiger charge is -2.30. The minimum absolute atomic E-state index is 0.200. The van der Waals surface area contributed by atoms with Gasteiger partial charge in [0.05, 0.1) is 16.6 Å². The molecular formula is C28H20ClN3O4S2. The van der Waals surface area contributed by atoms with Gasteiger partial charge in [-0.2, -0.15) is 0 Å². The number of imide groups is 1. The Balaban J connectivity index is 1.41. The first-order valence-corrected chi connectivity index (χ1v) is 13.9. The lowest BCUT2D eigenvalue weighted by molar-refractivity contribution is -0.122. The smallest absolute Gasteiger partial charge is 0.308 e. The molecule has 1 N–H and O–H groups in total. The van der Waals surface area contributed by atoms with Gasteiger partial charge in [-0.05, 0) is 42.0 Å². The van der Waals surface area contributed by atoms with Gasteiger partial charge in [0, 0.05) is 21.5 Å². The van der Waals surface area contributed by atoms with Gasteiger partial charge >= 0.3 is 4.87 Å². The van der Waals surface area contributed by atoms with Crippen molar-refractivity contribution in [1.82, 2.24) is 4.57 Å². The van der Waals surface area contributed by atoms with Gasteiger partial charge in [0.25, 0.3) is 0 Å². The first-order valence-electron chi connectivity index (χ1n) is 11.9. The first-order chi connectivity index (χ1) is 18.4. The van der Waals surface area contributed by atoms with E-state index in [-0.39, 0.29) is 29.1 Å². The number of benzene rings is 3. The van der Waals surface area contributed by atoms with Crippen molar-refractivity contribution in [1.29, 1.82) is 0 Å². The van der Waals surface area contributed by atoms with Gasteiger partial charge in [0.2, 0.25) is 17.7 Å². The van der Waals surface area contributed by atoms with Crippen molar-refractivity contribution in [3.8, 4) is 0 Å². The molecule has 1 fully saturated rings. The van der Waals surface area contributed by atoms with Crippen LogP contribution >= 0.6 is 34.7 Å². The number of anilines is 2. The summed E-state index contributed by atoms with van der Waals surface area (Å²) in [7, 11) is 0.